The van der Waals surface area contributed by atoms with Gasteiger partial charge in [-0.05, 0) is 71.9 Å². The maximum absolute atomic E-state index is 6.19. The molecule has 1 atom stereocenters. The quantitative estimate of drug-likeness (QED) is 0.461. The molecule has 1 aliphatic carbocycles. The molecule has 3 aromatic carbocycles. The number of nitrogens with zero attached hydrogens (tertiary/aromatic N) is 1. The summed E-state index contributed by atoms with van der Waals surface area (Å²) >= 11 is 12.3. The van der Waals surface area contributed by atoms with Gasteiger partial charge in [-0.3, -0.25) is 4.99 Å². The molecule has 0 spiro atoms. The van der Waals surface area contributed by atoms with Crippen LogP contribution in [0.4, 0.5) is 5.69 Å². The molecule has 5 rings (SSSR count). The van der Waals surface area contributed by atoms with Gasteiger partial charge in [0.05, 0.1) is 10.0 Å². The second kappa shape index (κ2) is 7.94. The number of halogens is 2. The van der Waals surface area contributed by atoms with Crippen LogP contribution in [-0.2, 0) is 24.9 Å². The van der Waals surface area contributed by atoms with E-state index in [4.69, 9.17) is 28.2 Å². The zero-order valence-corrected chi connectivity index (χ0v) is 18.0. The highest BCUT2D eigenvalue weighted by molar-refractivity contribution is 6.42. The molecule has 0 aromatic heterocycles. The molecule has 3 aromatic rings. The number of para-hydroxylation sites is 1. The normalized spacial score (nSPS) is 19.3. The standard InChI is InChI=1S/C26H22Cl2N2/c27-23-12-9-18(15-24(23)28)17-29-25-8-2-1-7-22(25)26(13-4-14-30-26)21-11-10-19-5-3-6-20(19)16-21/h1-2,4,7-16,29H,3,5-6,17H2. The Morgan fingerprint density at radius 3 is 2.60 bits per heavy atom. The Hall–Kier alpha value is -2.55. The van der Waals surface area contributed by atoms with Gasteiger partial charge in [0.2, 0.25) is 0 Å². The van der Waals surface area contributed by atoms with E-state index in [1.54, 1.807) is 0 Å². The number of nitrogens with one attached hydrogen (secondary N) is 1. The van der Waals surface area contributed by atoms with Crippen molar-refractivity contribution in [1.29, 1.82) is 0 Å². The SMILES string of the molecule is Clc1ccc(CNc2ccccc2C2(c3ccc4c(c3)CCC4)C=CC=N2)cc1Cl. The van der Waals surface area contributed by atoms with E-state index >= 15 is 0 Å². The maximum atomic E-state index is 6.19. The zero-order chi connectivity index (χ0) is 20.6. The van der Waals surface area contributed by atoms with Gasteiger partial charge in [0.15, 0.2) is 0 Å². The van der Waals surface area contributed by atoms with E-state index in [0.29, 0.717) is 16.6 Å². The third kappa shape index (κ3) is 3.45. The number of fused-ring (bicyclic) bond motifs is 1. The molecular formula is C26H22Cl2N2. The third-order valence-electron chi connectivity index (χ3n) is 6.04. The van der Waals surface area contributed by atoms with Gasteiger partial charge in [0.25, 0.3) is 0 Å². The summed E-state index contributed by atoms with van der Waals surface area (Å²) in [7, 11) is 0. The fourth-order valence-electron chi connectivity index (χ4n) is 4.50. The first-order valence-corrected chi connectivity index (χ1v) is 11.0. The molecule has 30 heavy (non-hydrogen) atoms. The van der Waals surface area contributed by atoms with Crippen molar-refractivity contribution >= 4 is 35.1 Å². The molecule has 0 fully saturated rings. The van der Waals surface area contributed by atoms with Gasteiger partial charge in [-0.2, -0.15) is 0 Å². The van der Waals surface area contributed by atoms with Gasteiger partial charge >= 0.3 is 0 Å². The first-order chi connectivity index (χ1) is 14.7. The first kappa shape index (κ1) is 19.4. The van der Waals surface area contributed by atoms with Gasteiger partial charge in [0, 0.05) is 24.0 Å². The minimum absolute atomic E-state index is 0.501. The molecule has 150 valence electrons. The monoisotopic (exact) mass is 432 g/mol. The summed E-state index contributed by atoms with van der Waals surface area (Å²) in [4.78, 5) is 4.96. The molecule has 0 saturated carbocycles. The smallest absolute Gasteiger partial charge is 0.131 e. The first-order valence-electron chi connectivity index (χ1n) is 10.3. The third-order valence-corrected chi connectivity index (χ3v) is 6.78. The summed E-state index contributed by atoms with van der Waals surface area (Å²) in [5.74, 6) is 0. The van der Waals surface area contributed by atoms with Crippen molar-refractivity contribution in [1.82, 2.24) is 0 Å². The van der Waals surface area contributed by atoms with Crippen LogP contribution in [0.2, 0.25) is 10.0 Å². The Morgan fingerprint density at radius 2 is 1.77 bits per heavy atom. The van der Waals surface area contributed by atoms with E-state index in [1.165, 1.54) is 29.5 Å². The van der Waals surface area contributed by atoms with Crippen molar-refractivity contribution in [2.45, 2.75) is 31.3 Å². The second-order valence-electron chi connectivity index (χ2n) is 7.89. The summed E-state index contributed by atoms with van der Waals surface area (Å²) in [6.45, 7) is 0.654. The molecule has 0 radical (unpaired) electrons. The summed E-state index contributed by atoms with van der Waals surface area (Å²) in [5.41, 5.74) is 6.95. The molecule has 2 nitrogen and oxygen atoms in total. The Kier molecular flexibility index (Phi) is 5.14. The number of rotatable bonds is 5. The largest absolute Gasteiger partial charge is 0.381 e. The summed E-state index contributed by atoms with van der Waals surface area (Å²) < 4.78 is 0. The van der Waals surface area contributed by atoms with E-state index < -0.39 is 5.54 Å². The second-order valence-corrected chi connectivity index (χ2v) is 8.70. The number of anilines is 1. The van der Waals surface area contributed by atoms with Crippen LogP contribution in [0.1, 0.15) is 34.2 Å². The fourth-order valence-corrected chi connectivity index (χ4v) is 4.82. The fraction of sp³-hybridized carbons (Fsp3) is 0.192. The Labute approximate surface area is 187 Å². The number of hydrogen-bond donors (Lipinski definition) is 1. The van der Waals surface area contributed by atoms with E-state index in [0.717, 1.165) is 23.2 Å². The molecule has 4 heteroatoms. The van der Waals surface area contributed by atoms with Crippen LogP contribution in [0.15, 0.2) is 77.8 Å². The van der Waals surface area contributed by atoms with Crippen molar-refractivity contribution in [2.75, 3.05) is 5.32 Å². The van der Waals surface area contributed by atoms with Crippen molar-refractivity contribution in [3.05, 3.63) is 111 Å². The molecule has 1 unspecified atom stereocenters. The van der Waals surface area contributed by atoms with E-state index in [-0.39, 0.29) is 0 Å². The highest BCUT2D eigenvalue weighted by Gasteiger charge is 2.35. The Bertz CT molecular complexity index is 1150. The number of hydrogen-bond acceptors (Lipinski definition) is 2. The molecule has 2 aliphatic rings. The summed E-state index contributed by atoms with van der Waals surface area (Å²) in [5, 5.41) is 4.73. The van der Waals surface area contributed by atoms with Gasteiger partial charge in [-0.15, -0.1) is 0 Å². The minimum Gasteiger partial charge on any atom is -0.381 e. The number of allylic oxidation sites excluding steroid dienone is 1. The highest BCUT2D eigenvalue weighted by atomic mass is 35.5. The zero-order valence-electron chi connectivity index (χ0n) is 16.5. The van der Waals surface area contributed by atoms with Crippen molar-refractivity contribution in [3.63, 3.8) is 0 Å². The molecule has 0 bridgehead atoms. The van der Waals surface area contributed by atoms with Gasteiger partial charge in [-0.25, -0.2) is 0 Å². The van der Waals surface area contributed by atoms with Gasteiger partial charge < -0.3 is 5.32 Å². The topological polar surface area (TPSA) is 24.4 Å². The number of benzene rings is 3. The van der Waals surface area contributed by atoms with Crippen molar-refractivity contribution < 1.29 is 0 Å². The summed E-state index contributed by atoms with van der Waals surface area (Å²) in [6, 6.07) is 21.0. The van der Waals surface area contributed by atoms with Crippen LogP contribution in [0, 0.1) is 0 Å². The predicted octanol–water partition coefficient (Wildman–Crippen LogP) is 6.98. The summed E-state index contributed by atoms with van der Waals surface area (Å²) in [6.07, 6.45) is 9.73. The maximum Gasteiger partial charge on any atom is 0.131 e. The number of aliphatic imine (C=N–C) groups is 1. The van der Waals surface area contributed by atoms with Crippen LogP contribution in [0.5, 0.6) is 0 Å². The Morgan fingerprint density at radius 1 is 0.900 bits per heavy atom. The minimum atomic E-state index is -0.501. The van der Waals surface area contributed by atoms with Crippen molar-refractivity contribution in [2.24, 2.45) is 4.99 Å². The lowest BCUT2D eigenvalue weighted by molar-refractivity contribution is 0.699. The lowest BCUT2D eigenvalue weighted by Gasteiger charge is -2.29. The molecule has 1 heterocycles. The lowest BCUT2D eigenvalue weighted by atomic mass is 9.81. The van der Waals surface area contributed by atoms with E-state index in [2.05, 4.69) is 53.9 Å². The van der Waals surface area contributed by atoms with Crippen LogP contribution in [0.25, 0.3) is 0 Å². The van der Waals surface area contributed by atoms with E-state index in [1.807, 2.05) is 30.5 Å². The number of aryl methyl sites for hydroxylation is 2. The van der Waals surface area contributed by atoms with Crippen LogP contribution >= 0.6 is 23.2 Å². The molecule has 0 saturated heterocycles. The molecular weight excluding hydrogens is 411 g/mol. The van der Waals surface area contributed by atoms with E-state index in [9.17, 15) is 0 Å². The molecule has 1 aliphatic heterocycles. The highest BCUT2D eigenvalue weighted by Crippen LogP contribution is 2.42. The average molecular weight is 433 g/mol. The molecule has 1 N–H and O–H groups in total. The Balaban J connectivity index is 1.51. The van der Waals surface area contributed by atoms with Gasteiger partial charge in [0.1, 0.15) is 5.54 Å². The van der Waals surface area contributed by atoms with Gasteiger partial charge in [-0.1, -0.05) is 65.7 Å². The van der Waals surface area contributed by atoms with Crippen LogP contribution in [0.3, 0.4) is 0 Å². The van der Waals surface area contributed by atoms with Crippen LogP contribution in [-0.4, -0.2) is 6.21 Å². The average Bonchev–Trinajstić information content (AvgIpc) is 3.44. The van der Waals surface area contributed by atoms with Crippen molar-refractivity contribution in [3.8, 4) is 0 Å². The lowest BCUT2D eigenvalue weighted by Crippen LogP contribution is -2.23. The molecule has 0 amide bonds. The predicted molar refractivity (Wildman–Crippen MR) is 127 cm³/mol. The van der Waals surface area contributed by atoms with Crippen LogP contribution < -0.4 is 5.32 Å².